The molecular weight excluding hydrogens is 268 g/mol. The van der Waals surface area contributed by atoms with Gasteiger partial charge in [0.15, 0.2) is 0 Å². The maximum atomic E-state index is 6.99. The first kappa shape index (κ1) is 14.7. The highest BCUT2D eigenvalue weighted by molar-refractivity contribution is 6.26. The largest absolute Gasteiger partial charge is 0.502 e. The van der Waals surface area contributed by atoms with Crippen LogP contribution in [0, 0.1) is 0 Å². The van der Waals surface area contributed by atoms with Crippen molar-refractivity contribution in [2.75, 3.05) is 6.61 Å². The molecule has 0 aliphatic heterocycles. The minimum absolute atomic E-state index is 0.507. The van der Waals surface area contributed by atoms with Crippen LogP contribution in [0.3, 0.4) is 0 Å². The average Bonchev–Trinajstić information content (AvgIpc) is 2.53. The Morgan fingerprint density at radius 2 is 1.45 bits per heavy atom. The first-order valence-corrected chi connectivity index (χ1v) is 7.17. The monoisotopic (exact) mass is 286 g/mol. The fourth-order valence-corrected chi connectivity index (χ4v) is 2.73. The predicted octanol–water partition coefficient (Wildman–Crippen LogP) is 5.11. The van der Waals surface area contributed by atoms with Gasteiger partial charge in [0, 0.05) is 0 Å². The molecule has 0 aliphatic rings. The molecule has 104 valence electrons. The summed E-state index contributed by atoms with van der Waals surface area (Å²) in [7, 11) is 0. The third kappa shape index (κ3) is 3.43. The van der Waals surface area contributed by atoms with Gasteiger partial charge in [-0.15, -0.1) is 11.6 Å². The molecule has 0 amide bonds. The fourth-order valence-electron chi connectivity index (χ4n) is 2.34. The summed E-state index contributed by atoms with van der Waals surface area (Å²) >= 11 is 6.99. The second kappa shape index (κ2) is 7.16. The Bertz CT molecular complexity index is 482. The number of alkyl halides is 1. The van der Waals surface area contributed by atoms with Gasteiger partial charge in [0.1, 0.15) is 0 Å². The molecule has 2 heteroatoms. The lowest BCUT2D eigenvalue weighted by Gasteiger charge is -2.28. The third-order valence-electron chi connectivity index (χ3n) is 3.36. The van der Waals surface area contributed by atoms with Gasteiger partial charge < -0.3 is 4.74 Å². The topological polar surface area (TPSA) is 9.23 Å². The zero-order chi connectivity index (χ0) is 14.3. The van der Waals surface area contributed by atoms with E-state index in [0.717, 1.165) is 24.0 Å². The minimum atomic E-state index is -0.507. The summed E-state index contributed by atoms with van der Waals surface area (Å²) in [5, 5.41) is 0. The van der Waals surface area contributed by atoms with Crippen molar-refractivity contribution in [2.24, 2.45) is 0 Å². The highest BCUT2D eigenvalue weighted by atomic mass is 35.5. The van der Waals surface area contributed by atoms with Crippen molar-refractivity contribution in [1.29, 1.82) is 0 Å². The smallest absolute Gasteiger partial charge is 0.0945 e. The Morgan fingerprint density at radius 3 is 1.90 bits per heavy atom. The summed E-state index contributed by atoms with van der Waals surface area (Å²) < 4.78 is 5.21. The van der Waals surface area contributed by atoms with Crippen LogP contribution in [-0.4, -0.2) is 6.61 Å². The fraction of sp³-hybridized carbons (Fsp3) is 0.222. The number of ether oxygens (including phenoxy) is 1. The second-order valence-electron chi connectivity index (χ2n) is 4.67. The lowest BCUT2D eigenvalue weighted by atomic mass is 9.86. The quantitative estimate of drug-likeness (QED) is 0.390. The van der Waals surface area contributed by atoms with Crippen LogP contribution in [0.1, 0.15) is 24.0 Å². The van der Waals surface area contributed by atoms with Crippen molar-refractivity contribution in [1.82, 2.24) is 0 Å². The van der Waals surface area contributed by atoms with Crippen LogP contribution in [-0.2, 0) is 9.61 Å². The van der Waals surface area contributed by atoms with Crippen LogP contribution >= 0.6 is 11.6 Å². The van der Waals surface area contributed by atoms with Gasteiger partial charge in [-0.3, -0.25) is 0 Å². The molecule has 20 heavy (non-hydrogen) atoms. The van der Waals surface area contributed by atoms with E-state index in [1.165, 1.54) is 6.26 Å². The molecule has 2 rings (SSSR count). The summed E-state index contributed by atoms with van der Waals surface area (Å²) in [6.45, 7) is 4.19. The van der Waals surface area contributed by atoms with E-state index in [4.69, 9.17) is 16.3 Å². The van der Waals surface area contributed by atoms with Crippen molar-refractivity contribution in [3.8, 4) is 0 Å². The molecule has 2 aromatic carbocycles. The van der Waals surface area contributed by atoms with Gasteiger partial charge in [-0.2, -0.15) is 0 Å². The molecule has 0 radical (unpaired) electrons. The van der Waals surface area contributed by atoms with E-state index in [9.17, 15) is 0 Å². The molecule has 0 unspecified atom stereocenters. The van der Waals surface area contributed by atoms with Crippen molar-refractivity contribution < 1.29 is 4.74 Å². The minimum Gasteiger partial charge on any atom is -0.502 e. The van der Waals surface area contributed by atoms with Crippen LogP contribution < -0.4 is 0 Å². The molecule has 0 saturated heterocycles. The lowest BCUT2D eigenvalue weighted by molar-refractivity contribution is 0.239. The molecule has 2 aromatic rings. The number of rotatable bonds is 7. The number of hydrogen-bond donors (Lipinski definition) is 0. The Kier molecular flexibility index (Phi) is 5.25. The molecule has 0 N–H and O–H groups in total. The summed E-state index contributed by atoms with van der Waals surface area (Å²) in [6, 6.07) is 20.4. The van der Waals surface area contributed by atoms with E-state index < -0.39 is 4.87 Å². The molecular formula is C18H19ClO. The molecule has 0 aromatic heterocycles. The molecule has 0 spiro atoms. The van der Waals surface area contributed by atoms with Crippen LogP contribution in [0.5, 0.6) is 0 Å². The van der Waals surface area contributed by atoms with Crippen molar-refractivity contribution in [3.05, 3.63) is 84.6 Å². The number of halogens is 1. The number of hydrogen-bond acceptors (Lipinski definition) is 1. The van der Waals surface area contributed by atoms with Crippen LogP contribution in [0.2, 0.25) is 0 Å². The van der Waals surface area contributed by atoms with Gasteiger partial charge in [-0.05, 0) is 24.0 Å². The van der Waals surface area contributed by atoms with Gasteiger partial charge in [-0.1, -0.05) is 67.2 Å². The van der Waals surface area contributed by atoms with E-state index in [1.807, 2.05) is 36.4 Å². The molecule has 0 heterocycles. The molecule has 1 nitrogen and oxygen atoms in total. The van der Waals surface area contributed by atoms with Gasteiger partial charge in [0.05, 0.1) is 17.7 Å². The van der Waals surface area contributed by atoms with Crippen molar-refractivity contribution in [2.45, 2.75) is 17.7 Å². The zero-order valence-corrected chi connectivity index (χ0v) is 12.2. The molecule has 0 fully saturated rings. The SMILES string of the molecule is C=COCCCC(Cl)(c1ccccc1)c1ccccc1. The Labute approximate surface area is 125 Å². The van der Waals surface area contributed by atoms with E-state index >= 15 is 0 Å². The summed E-state index contributed by atoms with van der Waals surface area (Å²) in [6.07, 6.45) is 3.16. The van der Waals surface area contributed by atoms with E-state index in [1.54, 1.807) is 0 Å². The Balaban J connectivity index is 2.26. The van der Waals surface area contributed by atoms with Gasteiger partial charge >= 0.3 is 0 Å². The first-order valence-electron chi connectivity index (χ1n) is 6.80. The van der Waals surface area contributed by atoms with E-state index in [-0.39, 0.29) is 0 Å². The molecule has 0 atom stereocenters. The molecule has 0 saturated carbocycles. The second-order valence-corrected chi connectivity index (χ2v) is 5.32. The highest BCUT2D eigenvalue weighted by Crippen LogP contribution is 2.40. The van der Waals surface area contributed by atoms with Crippen LogP contribution in [0.15, 0.2) is 73.5 Å². The van der Waals surface area contributed by atoms with Crippen LogP contribution in [0.4, 0.5) is 0 Å². The van der Waals surface area contributed by atoms with Crippen LogP contribution in [0.25, 0.3) is 0 Å². The number of benzene rings is 2. The highest BCUT2D eigenvalue weighted by Gasteiger charge is 2.30. The normalized spacial score (nSPS) is 11.1. The standard InChI is InChI=1S/C18H19ClO/c1-2-20-15-9-14-18(19,16-10-5-3-6-11-16)17-12-7-4-8-13-17/h2-8,10-13H,1,9,14-15H2. The molecule has 0 bridgehead atoms. The third-order valence-corrected chi connectivity index (χ3v) is 3.99. The first-order chi connectivity index (χ1) is 9.77. The summed E-state index contributed by atoms with van der Waals surface area (Å²) in [5.74, 6) is 0. The lowest BCUT2D eigenvalue weighted by Crippen LogP contribution is -2.21. The van der Waals surface area contributed by atoms with Crippen molar-refractivity contribution >= 4 is 11.6 Å². The van der Waals surface area contributed by atoms with E-state index in [2.05, 4.69) is 30.8 Å². The maximum Gasteiger partial charge on any atom is 0.0945 e. The Morgan fingerprint density at radius 1 is 0.950 bits per heavy atom. The van der Waals surface area contributed by atoms with Crippen molar-refractivity contribution in [3.63, 3.8) is 0 Å². The molecule has 0 aliphatic carbocycles. The predicted molar refractivity (Wildman–Crippen MR) is 84.9 cm³/mol. The van der Waals surface area contributed by atoms with Gasteiger partial charge in [0.25, 0.3) is 0 Å². The van der Waals surface area contributed by atoms with Gasteiger partial charge in [-0.25, -0.2) is 0 Å². The Hall–Kier alpha value is -1.73. The summed E-state index contributed by atoms with van der Waals surface area (Å²) in [4.78, 5) is -0.507. The average molecular weight is 287 g/mol. The summed E-state index contributed by atoms with van der Waals surface area (Å²) in [5.41, 5.74) is 2.23. The zero-order valence-electron chi connectivity index (χ0n) is 11.5. The van der Waals surface area contributed by atoms with Gasteiger partial charge in [0.2, 0.25) is 0 Å². The van der Waals surface area contributed by atoms with E-state index in [0.29, 0.717) is 6.61 Å². The maximum absolute atomic E-state index is 6.99.